The Bertz CT molecular complexity index is 1100. The fraction of sp³-hybridized carbons (Fsp3) is 0.0370. The Morgan fingerprint density at radius 1 is 0.444 bits per heavy atom. The van der Waals surface area contributed by atoms with E-state index in [4.69, 9.17) is 0 Å². The standard InChI is InChI=1S/C27H20/c1-3-8-20(9-4-1)22-14-16-23(17-15-22)26-13-7-12-24-18-25(19-27(24)26)21-10-5-2-6-11-21/h1-17,19H,18H2. The van der Waals surface area contributed by atoms with Crippen LogP contribution in [0.2, 0.25) is 0 Å². The van der Waals surface area contributed by atoms with E-state index < -0.39 is 0 Å². The van der Waals surface area contributed by atoms with Crippen LogP contribution in [-0.4, -0.2) is 0 Å². The van der Waals surface area contributed by atoms with E-state index in [1.165, 1.54) is 44.5 Å². The van der Waals surface area contributed by atoms with Crippen molar-refractivity contribution >= 4 is 11.6 Å². The van der Waals surface area contributed by atoms with Gasteiger partial charge in [-0.3, -0.25) is 0 Å². The normalized spacial score (nSPS) is 12.5. The molecule has 0 saturated carbocycles. The summed E-state index contributed by atoms with van der Waals surface area (Å²) in [6.07, 6.45) is 3.38. The lowest BCUT2D eigenvalue weighted by Gasteiger charge is -2.09. The van der Waals surface area contributed by atoms with Gasteiger partial charge < -0.3 is 0 Å². The summed E-state index contributed by atoms with van der Waals surface area (Å²) in [6.45, 7) is 0. The molecular formula is C27H20. The van der Waals surface area contributed by atoms with Gasteiger partial charge in [-0.05, 0) is 57.0 Å². The molecule has 0 spiro atoms. The van der Waals surface area contributed by atoms with Crippen molar-refractivity contribution in [3.63, 3.8) is 0 Å². The molecule has 128 valence electrons. The third-order valence-electron chi connectivity index (χ3n) is 5.34. The minimum Gasteiger partial charge on any atom is -0.0622 e. The van der Waals surface area contributed by atoms with Crippen LogP contribution in [0.1, 0.15) is 16.7 Å². The van der Waals surface area contributed by atoms with Crippen LogP contribution in [-0.2, 0) is 6.42 Å². The van der Waals surface area contributed by atoms with Crippen molar-refractivity contribution in [1.82, 2.24) is 0 Å². The van der Waals surface area contributed by atoms with Crippen LogP contribution in [0.15, 0.2) is 103 Å². The zero-order chi connectivity index (χ0) is 18.1. The molecule has 0 heteroatoms. The van der Waals surface area contributed by atoms with Gasteiger partial charge in [-0.15, -0.1) is 0 Å². The minimum atomic E-state index is 1.01. The summed E-state index contributed by atoms with van der Waals surface area (Å²) in [5.74, 6) is 0. The number of rotatable bonds is 3. The summed E-state index contributed by atoms with van der Waals surface area (Å²) < 4.78 is 0. The average Bonchev–Trinajstić information content (AvgIpc) is 3.20. The topological polar surface area (TPSA) is 0 Å². The van der Waals surface area contributed by atoms with Crippen molar-refractivity contribution in [3.05, 3.63) is 120 Å². The molecule has 4 aromatic carbocycles. The highest BCUT2D eigenvalue weighted by Crippen LogP contribution is 2.38. The first-order valence-electron chi connectivity index (χ1n) is 9.42. The lowest BCUT2D eigenvalue weighted by atomic mass is 9.95. The molecule has 0 aliphatic heterocycles. The van der Waals surface area contributed by atoms with Crippen LogP contribution in [0.25, 0.3) is 33.9 Å². The zero-order valence-corrected chi connectivity index (χ0v) is 15.1. The molecule has 5 rings (SSSR count). The molecule has 0 saturated heterocycles. The molecule has 1 aliphatic carbocycles. The van der Waals surface area contributed by atoms with Gasteiger partial charge in [0.2, 0.25) is 0 Å². The van der Waals surface area contributed by atoms with E-state index in [0.717, 1.165) is 6.42 Å². The summed E-state index contributed by atoms with van der Waals surface area (Å²) in [6, 6.07) is 36.9. The Hall–Kier alpha value is -3.38. The Balaban J connectivity index is 1.53. The van der Waals surface area contributed by atoms with Gasteiger partial charge in [-0.1, -0.05) is 103 Å². The molecule has 0 fully saturated rings. The van der Waals surface area contributed by atoms with E-state index in [1.807, 2.05) is 0 Å². The van der Waals surface area contributed by atoms with Gasteiger partial charge >= 0.3 is 0 Å². The molecular weight excluding hydrogens is 324 g/mol. The molecule has 0 nitrogen and oxygen atoms in total. The van der Waals surface area contributed by atoms with E-state index in [-0.39, 0.29) is 0 Å². The van der Waals surface area contributed by atoms with Gasteiger partial charge in [0.05, 0.1) is 0 Å². The molecule has 0 atom stereocenters. The molecule has 0 heterocycles. The van der Waals surface area contributed by atoms with Crippen LogP contribution >= 0.6 is 0 Å². The highest BCUT2D eigenvalue weighted by molar-refractivity contribution is 5.94. The first kappa shape index (κ1) is 15.8. The summed E-state index contributed by atoms with van der Waals surface area (Å²) >= 11 is 0. The highest BCUT2D eigenvalue weighted by Gasteiger charge is 2.17. The molecule has 4 aromatic rings. The molecule has 1 aliphatic rings. The Morgan fingerprint density at radius 2 is 1.04 bits per heavy atom. The quantitative estimate of drug-likeness (QED) is 0.371. The fourth-order valence-electron chi connectivity index (χ4n) is 3.93. The Labute approximate surface area is 160 Å². The number of fused-ring (bicyclic) bond motifs is 1. The molecule has 0 aromatic heterocycles. The lowest BCUT2D eigenvalue weighted by Crippen LogP contribution is -1.88. The second-order valence-corrected chi connectivity index (χ2v) is 7.03. The summed E-state index contributed by atoms with van der Waals surface area (Å²) in [5, 5.41) is 0. The fourth-order valence-corrected chi connectivity index (χ4v) is 3.93. The van der Waals surface area contributed by atoms with Crippen molar-refractivity contribution in [2.24, 2.45) is 0 Å². The predicted molar refractivity (Wildman–Crippen MR) is 115 cm³/mol. The molecule has 27 heavy (non-hydrogen) atoms. The average molecular weight is 344 g/mol. The lowest BCUT2D eigenvalue weighted by molar-refractivity contribution is 1.32. The van der Waals surface area contributed by atoms with Crippen LogP contribution < -0.4 is 0 Å². The SMILES string of the molecule is C1=C(c2ccccc2)Cc2cccc(-c3ccc(-c4ccccc4)cc3)c21. The Morgan fingerprint density at radius 3 is 1.74 bits per heavy atom. The number of benzene rings is 4. The van der Waals surface area contributed by atoms with Gasteiger partial charge in [0.1, 0.15) is 0 Å². The number of hydrogen-bond donors (Lipinski definition) is 0. The second-order valence-electron chi connectivity index (χ2n) is 7.03. The summed E-state index contributed by atoms with van der Waals surface area (Å²) in [4.78, 5) is 0. The van der Waals surface area contributed by atoms with Crippen molar-refractivity contribution in [2.75, 3.05) is 0 Å². The summed E-state index contributed by atoms with van der Waals surface area (Å²) in [7, 11) is 0. The van der Waals surface area contributed by atoms with Crippen LogP contribution in [0.5, 0.6) is 0 Å². The smallest absolute Gasteiger partial charge is 0.00135 e. The van der Waals surface area contributed by atoms with Crippen molar-refractivity contribution < 1.29 is 0 Å². The highest BCUT2D eigenvalue weighted by atomic mass is 14.2. The van der Waals surface area contributed by atoms with Gasteiger partial charge in [-0.25, -0.2) is 0 Å². The second kappa shape index (κ2) is 6.74. The van der Waals surface area contributed by atoms with E-state index >= 15 is 0 Å². The first-order chi connectivity index (χ1) is 13.4. The van der Waals surface area contributed by atoms with Crippen molar-refractivity contribution in [2.45, 2.75) is 6.42 Å². The number of allylic oxidation sites excluding steroid dienone is 1. The maximum Gasteiger partial charge on any atom is -0.00135 e. The third-order valence-corrected chi connectivity index (χ3v) is 5.34. The maximum atomic E-state index is 2.37. The Kier molecular flexibility index (Phi) is 3.95. The van der Waals surface area contributed by atoms with Crippen LogP contribution in [0.4, 0.5) is 0 Å². The van der Waals surface area contributed by atoms with Crippen LogP contribution in [0, 0.1) is 0 Å². The summed E-state index contributed by atoms with van der Waals surface area (Å²) in [5.41, 5.74) is 10.6. The minimum absolute atomic E-state index is 1.01. The predicted octanol–water partition coefficient (Wildman–Crippen LogP) is 7.12. The first-order valence-corrected chi connectivity index (χ1v) is 9.42. The molecule has 0 amide bonds. The molecule has 0 radical (unpaired) electrons. The van der Waals surface area contributed by atoms with Crippen molar-refractivity contribution in [1.29, 1.82) is 0 Å². The molecule has 0 N–H and O–H groups in total. The van der Waals surface area contributed by atoms with Gasteiger partial charge in [0.25, 0.3) is 0 Å². The van der Waals surface area contributed by atoms with E-state index in [1.54, 1.807) is 0 Å². The van der Waals surface area contributed by atoms with E-state index in [2.05, 4.69) is 109 Å². The number of hydrogen-bond acceptors (Lipinski definition) is 0. The van der Waals surface area contributed by atoms with Gasteiger partial charge in [0, 0.05) is 0 Å². The van der Waals surface area contributed by atoms with Gasteiger partial charge in [0.15, 0.2) is 0 Å². The molecule has 0 bridgehead atoms. The van der Waals surface area contributed by atoms with E-state index in [0.29, 0.717) is 0 Å². The third kappa shape index (κ3) is 3.00. The largest absolute Gasteiger partial charge is 0.0622 e. The molecule has 0 unspecified atom stereocenters. The monoisotopic (exact) mass is 344 g/mol. The van der Waals surface area contributed by atoms with Crippen LogP contribution in [0.3, 0.4) is 0 Å². The van der Waals surface area contributed by atoms with Crippen molar-refractivity contribution in [3.8, 4) is 22.3 Å². The van der Waals surface area contributed by atoms with Gasteiger partial charge in [-0.2, -0.15) is 0 Å². The maximum absolute atomic E-state index is 2.37. The zero-order valence-electron chi connectivity index (χ0n) is 15.1. The van der Waals surface area contributed by atoms with E-state index in [9.17, 15) is 0 Å².